The third-order valence-corrected chi connectivity index (χ3v) is 5.21. The normalized spacial score (nSPS) is 30.3. The number of aromatic amines is 1. The SMILES string of the molecule is CCC1(C(=O)O)C(C(=O)O)C=CC(C)(C(=O)O)C1C(C)C#N.c1c[nH]cn1. The van der Waals surface area contributed by atoms with E-state index in [0.717, 1.165) is 6.08 Å². The van der Waals surface area contributed by atoms with E-state index in [4.69, 9.17) is 0 Å². The Hall–Kier alpha value is -3.15. The number of carbonyl (C=O) groups is 3. The molecule has 1 aliphatic rings. The van der Waals surface area contributed by atoms with Crippen LogP contribution in [0, 0.1) is 39.9 Å². The predicted molar refractivity (Wildman–Crippen MR) is 93.2 cm³/mol. The van der Waals surface area contributed by atoms with Gasteiger partial charge in [0.15, 0.2) is 0 Å². The number of imidazole rings is 1. The van der Waals surface area contributed by atoms with Gasteiger partial charge in [-0.15, -0.1) is 0 Å². The maximum atomic E-state index is 12.0. The molecular formula is C18H23N3O6. The number of carboxylic acids is 3. The van der Waals surface area contributed by atoms with E-state index >= 15 is 0 Å². The van der Waals surface area contributed by atoms with Crippen LogP contribution in [0.15, 0.2) is 30.9 Å². The molecule has 0 bridgehead atoms. The Balaban J connectivity index is 0.000000625. The maximum absolute atomic E-state index is 12.0. The van der Waals surface area contributed by atoms with Crippen LogP contribution < -0.4 is 0 Å². The standard InChI is InChI=1S/C15H19NO6.C3H4N2/c1-4-15(13(21)22)9(11(17)18)5-6-14(3,12(19)20)10(15)8(2)7-16;1-2-5-3-4-1/h5-6,8-10H,4H2,1-3H3,(H,17,18)(H,19,20)(H,21,22);1-3H,(H,4,5). The number of nitrogens with one attached hydrogen (secondary N) is 1. The van der Waals surface area contributed by atoms with Crippen LogP contribution in [-0.4, -0.2) is 43.2 Å². The van der Waals surface area contributed by atoms with Gasteiger partial charge in [-0.1, -0.05) is 19.1 Å². The van der Waals surface area contributed by atoms with Gasteiger partial charge in [0, 0.05) is 24.2 Å². The summed E-state index contributed by atoms with van der Waals surface area (Å²) in [6, 6.07) is 1.89. The summed E-state index contributed by atoms with van der Waals surface area (Å²) in [4.78, 5) is 41.6. The van der Waals surface area contributed by atoms with Crippen molar-refractivity contribution in [2.24, 2.45) is 28.6 Å². The summed E-state index contributed by atoms with van der Waals surface area (Å²) in [6.07, 6.45) is 7.33. The van der Waals surface area contributed by atoms with Crippen LogP contribution in [0.1, 0.15) is 27.2 Å². The first-order valence-electron chi connectivity index (χ1n) is 8.30. The predicted octanol–water partition coefficient (Wildman–Crippen LogP) is 2.01. The molecule has 1 heterocycles. The van der Waals surface area contributed by atoms with Gasteiger partial charge >= 0.3 is 17.9 Å². The lowest BCUT2D eigenvalue weighted by Crippen LogP contribution is -2.58. The number of hydrogen-bond acceptors (Lipinski definition) is 5. The van der Waals surface area contributed by atoms with Gasteiger partial charge in [0.1, 0.15) is 0 Å². The average molecular weight is 377 g/mol. The van der Waals surface area contributed by atoms with Gasteiger partial charge in [-0.3, -0.25) is 14.4 Å². The van der Waals surface area contributed by atoms with Crippen molar-refractivity contribution in [3.8, 4) is 6.07 Å². The van der Waals surface area contributed by atoms with Crippen molar-refractivity contribution in [2.45, 2.75) is 27.2 Å². The zero-order valence-corrected chi connectivity index (χ0v) is 15.3. The molecular weight excluding hydrogens is 354 g/mol. The van der Waals surface area contributed by atoms with Crippen molar-refractivity contribution in [3.05, 3.63) is 30.9 Å². The molecule has 1 aromatic heterocycles. The van der Waals surface area contributed by atoms with Crippen molar-refractivity contribution >= 4 is 17.9 Å². The van der Waals surface area contributed by atoms with E-state index in [1.165, 1.54) is 26.8 Å². The minimum absolute atomic E-state index is 0.0941. The monoisotopic (exact) mass is 377 g/mol. The molecule has 2 rings (SSSR count). The van der Waals surface area contributed by atoms with Crippen molar-refractivity contribution in [1.82, 2.24) is 9.97 Å². The third kappa shape index (κ3) is 3.84. The average Bonchev–Trinajstić information content (AvgIpc) is 3.19. The first-order valence-corrected chi connectivity index (χ1v) is 8.30. The molecule has 5 unspecified atom stereocenters. The Labute approximate surface area is 156 Å². The maximum Gasteiger partial charge on any atom is 0.313 e. The summed E-state index contributed by atoms with van der Waals surface area (Å²) in [5.41, 5.74) is -3.49. The summed E-state index contributed by atoms with van der Waals surface area (Å²) in [7, 11) is 0. The molecule has 146 valence electrons. The summed E-state index contributed by atoms with van der Waals surface area (Å²) >= 11 is 0. The van der Waals surface area contributed by atoms with Gasteiger partial charge < -0.3 is 20.3 Å². The molecule has 0 spiro atoms. The summed E-state index contributed by atoms with van der Waals surface area (Å²) in [5.74, 6) is -7.52. The lowest BCUT2D eigenvalue weighted by molar-refractivity contribution is -0.177. The second kappa shape index (κ2) is 8.49. The third-order valence-electron chi connectivity index (χ3n) is 5.21. The number of H-pyrrole nitrogens is 1. The number of aromatic nitrogens is 2. The highest BCUT2D eigenvalue weighted by Crippen LogP contribution is 2.56. The van der Waals surface area contributed by atoms with Gasteiger partial charge in [-0.25, -0.2) is 4.98 Å². The Morgan fingerprint density at radius 2 is 1.93 bits per heavy atom. The topological polar surface area (TPSA) is 164 Å². The molecule has 27 heavy (non-hydrogen) atoms. The van der Waals surface area contributed by atoms with Crippen molar-refractivity contribution in [3.63, 3.8) is 0 Å². The van der Waals surface area contributed by atoms with Gasteiger partial charge in [-0.2, -0.15) is 5.26 Å². The number of nitrogens with zero attached hydrogens (tertiary/aromatic N) is 2. The molecule has 0 radical (unpaired) electrons. The smallest absolute Gasteiger partial charge is 0.313 e. The van der Waals surface area contributed by atoms with Crippen LogP contribution in [0.3, 0.4) is 0 Å². The highest BCUT2D eigenvalue weighted by atomic mass is 16.4. The molecule has 1 aliphatic carbocycles. The van der Waals surface area contributed by atoms with E-state index in [9.17, 15) is 35.0 Å². The van der Waals surface area contributed by atoms with E-state index in [1.807, 2.05) is 6.07 Å². The van der Waals surface area contributed by atoms with Gasteiger partial charge in [0.25, 0.3) is 0 Å². The van der Waals surface area contributed by atoms with E-state index in [0.29, 0.717) is 0 Å². The molecule has 0 amide bonds. The number of hydrogen-bond donors (Lipinski definition) is 4. The Morgan fingerprint density at radius 3 is 2.22 bits per heavy atom. The molecule has 0 saturated carbocycles. The molecule has 4 N–H and O–H groups in total. The fourth-order valence-corrected chi connectivity index (χ4v) is 3.92. The zero-order valence-electron chi connectivity index (χ0n) is 15.3. The Bertz CT molecular complexity index is 736. The summed E-state index contributed by atoms with van der Waals surface area (Å²) in [5, 5.41) is 37.9. The molecule has 1 aromatic rings. The molecule has 5 atom stereocenters. The number of carboxylic acid groups (broad SMARTS) is 3. The second-order valence-corrected chi connectivity index (χ2v) is 6.62. The van der Waals surface area contributed by atoms with Crippen molar-refractivity contribution < 1.29 is 29.7 Å². The van der Waals surface area contributed by atoms with Crippen LogP contribution in [0.4, 0.5) is 0 Å². The Morgan fingerprint density at radius 1 is 1.30 bits per heavy atom. The minimum atomic E-state index is -1.86. The number of rotatable bonds is 5. The lowest BCUT2D eigenvalue weighted by atomic mass is 9.50. The van der Waals surface area contributed by atoms with Crippen LogP contribution >= 0.6 is 0 Å². The van der Waals surface area contributed by atoms with Crippen LogP contribution in [-0.2, 0) is 14.4 Å². The number of nitriles is 1. The molecule has 9 nitrogen and oxygen atoms in total. The summed E-state index contributed by atoms with van der Waals surface area (Å²) in [6.45, 7) is 4.26. The van der Waals surface area contributed by atoms with Gasteiger partial charge in [-0.05, 0) is 20.3 Å². The van der Waals surface area contributed by atoms with E-state index in [2.05, 4.69) is 9.97 Å². The molecule has 0 fully saturated rings. The van der Waals surface area contributed by atoms with E-state index in [1.54, 1.807) is 18.7 Å². The van der Waals surface area contributed by atoms with Crippen molar-refractivity contribution in [1.29, 1.82) is 5.26 Å². The van der Waals surface area contributed by atoms with Crippen molar-refractivity contribution in [2.75, 3.05) is 0 Å². The zero-order chi connectivity index (χ0) is 20.8. The summed E-state index contributed by atoms with van der Waals surface area (Å²) < 4.78 is 0. The number of aliphatic carboxylic acids is 3. The quantitative estimate of drug-likeness (QED) is 0.566. The largest absolute Gasteiger partial charge is 0.481 e. The Kier molecular flexibility index (Phi) is 6.88. The molecule has 0 saturated heterocycles. The first-order chi connectivity index (χ1) is 12.6. The molecule has 0 aliphatic heterocycles. The van der Waals surface area contributed by atoms with Gasteiger partial charge in [0.2, 0.25) is 0 Å². The fraction of sp³-hybridized carbons (Fsp3) is 0.500. The van der Waals surface area contributed by atoms with Crippen LogP contribution in [0.5, 0.6) is 0 Å². The fourth-order valence-electron chi connectivity index (χ4n) is 3.92. The highest BCUT2D eigenvalue weighted by Gasteiger charge is 2.63. The molecule has 9 heteroatoms. The minimum Gasteiger partial charge on any atom is -0.481 e. The van der Waals surface area contributed by atoms with Crippen LogP contribution in [0.2, 0.25) is 0 Å². The van der Waals surface area contributed by atoms with Gasteiger partial charge in [0.05, 0.1) is 29.1 Å². The molecule has 0 aromatic carbocycles. The first kappa shape index (κ1) is 21.9. The second-order valence-electron chi connectivity index (χ2n) is 6.62. The van der Waals surface area contributed by atoms with E-state index < -0.39 is 46.5 Å². The van der Waals surface area contributed by atoms with Crippen LogP contribution in [0.25, 0.3) is 0 Å². The lowest BCUT2D eigenvalue weighted by Gasteiger charge is -2.50. The highest BCUT2D eigenvalue weighted by molar-refractivity contribution is 5.89. The van der Waals surface area contributed by atoms with E-state index in [-0.39, 0.29) is 6.42 Å².